The molecule has 8 heteroatoms. The highest BCUT2D eigenvalue weighted by Crippen LogP contribution is 2.36. The van der Waals surface area contributed by atoms with E-state index in [9.17, 15) is 14.9 Å². The fourth-order valence-electron chi connectivity index (χ4n) is 2.25. The van der Waals surface area contributed by atoms with Crippen molar-refractivity contribution < 1.29 is 19.4 Å². The van der Waals surface area contributed by atoms with Gasteiger partial charge in [0.15, 0.2) is 0 Å². The Labute approximate surface area is 179 Å². The normalized spacial score (nSPS) is 10.9. The number of amides is 1. The van der Waals surface area contributed by atoms with Crippen molar-refractivity contribution in [2.75, 3.05) is 14.1 Å². The van der Waals surface area contributed by atoms with E-state index in [1.165, 1.54) is 23.1 Å². The number of aromatic carboxylic acids is 1. The van der Waals surface area contributed by atoms with Crippen LogP contribution in [-0.2, 0) is 11.4 Å². The Morgan fingerprint density at radius 3 is 2.21 bits per heavy atom. The fraction of sp³-hybridized carbons (Fsp3) is 0.150. The average molecular weight is 508 g/mol. The second-order valence-corrected chi connectivity index (χ2v) is 7.68. The Hall–Kier alpha value is -2.63. The third kappa shape index (κ3) is 5.44. The molecule has 0 unspecified atom stereocenters. The van der Waals surface area contributed by atoms with Crippen LogP contribution in [0.3, 0.4) is 0 Å². The third-order valence-electron chi connectivity index (χ3n) is 3.67. The summed E-state index contributed by atoms with van der Waals surface area (Å²) in [6, 6.07) is 11.8. The molecule has 2 aromatic rings. The highest BCUT2D eigenvalue weighted by atomic mass is 79.9. The molecule has 0 aliphatic rings. The molecule has 1 N–H and O–H groups in total. The van der Waals surface area contributed by atoms with Crippen LogP contribution in [0.4, 0.5) is 0 Å². The van der Waals surface area contributed by atoms with Gasteiger partial charge in [0, 0.05) is 14.1 Å². The Balaban J connectivity index is 2.20. The number of carboxylic acids is 1. The van der Waals surface area contributed by atoms with Gasteiger partial charge in [0.25, 0.3) is 5.91 Å². The van der Waals surface area contributed by atoms with Crippen molar-refractivity contribution >= 4 is 49.8 Å². The number of carbonyl (C=O) groups is 2. The molecule has 144 valence electrons. The van der Waals surface area contributed by atoms with Crippen molar-refractivity contribution in [2.24, 2.45) is 0 Å². The van der Waals surface area contributed by atoms with Gasteiger partial charge in [-0.3, -0.25) is 4.79 Å². The van der Waals surface area contributed by atoms with E-state index in [-0.39, 0.29) is 23.7 Å². The number of likely N-dealkylation sites (N-methyl/N-ethyl adjacent to an activating group) is 1. The van der Waals surface area contributed by atoms with Gasteiger partial charge in [0.05, 0.1) is 14.5 Å². The van der Waals surface area contributed by atoms with Crippen molar-refractivity contribution in [1.82, 2.24) is 4.90 Å². The maximum atomic E-state index is 12.0. The third-order valence-corrected chi connectivity index (χ3v) is 4.85. The van der Waals surface area contributed by atoms with Crippen LogP contribution in [0.25, 0.3) is 6.08 Å². The second-order valence-electron chi connectivity index (χ2n) is 5.97. The van der Waals surface area contributed by atoms with Crippen molar-refractivity contribution in [2.45, 2.75) is 6.61 Å². The first-order valence-electron chi connectivity index (χ1n) is 8.00. The largest absolute Gasteiger partial charge is 0.487 e. The van der Waals surface area contributed by atoms with E-state index in [4.69, 9.17) is 9.84 Å². The summed E-state index contributed by atoms with van der Waals surface area (Å²) in [7, 11) is 3.17. The number of carboxylic acid groups (broad SMARTS) is 1. The van der Waals surface area contributed by atoms with Crippen LogP contribution in [0, 0.1) is 11.3 Å². The zero-order chi connectivity index (χ0) is 20.8. The summed E-state index contributed by atoms with van der Waals surface area (Å²) in [6.45, 7) is 0.245. The lowest BCUT2D eigenvalue weighted by Gasteiger charge is -2.12. The molecule has 0 aromatic heterocycles. The van der Waals surface area contributed by atoms with E-state index in [0.717, 1.165) is 5.56 Å². The maximum absolute atomic E-state index is 12.0. The van der Waals surface area contributed by atoms with Gasteiger partial charge in [-0.1, -0.05) is 12.1 Å². The number of rotatable bonds is 6. The summed E-state index contributed by atoms with van der Waals surface area (Å²) >= 11 is 6.88. The van der Waals surface area contributed by atoms with Crippen LogP contribution in [0.1, 0.15) is 21.5 Å². The smallest absolute Gasteiger partial charge is 0.335 e. The molecule has 0 radical (unpaired) electrons. The number of halogens is 2. The lowest BCUT2D eigenvalue weighted by atomic mass is 10.1. The lowest BCUT2D eigenvalue weighted by Crippen LogP contribution is -2.22. The van der Waals surface area contributed by atoms with Crippen LogP contribution in [-0.4, -0.2) is 36.0 Å². The molecular weight excluding hydrogens is 492 g/mol. The van der Waals surface area contributed by atoms with Gasteiger partial charge in [-0.05, 0) is 73.3 Å². The standard InChI is InChI=1S/C20H16Br2N2O4/c1-24(2)19(25)15(10-23)7-13-8-16(21)18(17(22)9-13)28-11-12-3-5-14(6-4-12)20(26)27/h3-9H,11H2,1-2H3,(H,26,27)/b15-7-. The SMILES string of the molecule is CN(C)C(=O)/C(C#N)=C\c1cc(Br)c(OCc2ccc(C(=O)O)cc2)c(Br)c1. The van der Waals surface area contributed by atoms with Gasteiger partial charge in [0.1, 0.15) is 24.0 Å². The molecule has 0 heterocycles. The zero-order valence-corrected chi connectivity index (χ0v) is 18.2. The number of carbonyl (C=O) groups excluding carboxylic acids is 1. The molecule has 1 amide bonds. The van der Waals surface area contributed by atoms with Crippen molar-refractivity contribution in [1.29, 1.82) is 5.26 Å². The van der Waals surface area contributed by atoms with Crippen molar-refractivity contribution in [3.8, 4) is 11.8 Å². The van der Waals surface area contributed by atoms with Crippen LogP contribution in [0.5, 0.6) is 5.75 Å². The van der Waals surface area contributed by atoms with E-state index in [1.807, 2.05) is 6.07 Å². The molecule has 0 bridgehead atoms. The van der Waals surface area contributed by atoms with E-state index in [2.05, 4.69) is 31.9 Å². The van der Waals surface area contributed by atoms with Gasteiger partial charge in [-0.2, -0.15) is 5.26 Å². The topological polar surface area (TPSA) is 90.6 Å². The molecule has 2 rings (SSSR count). The first-order valence-corrected chi connectivity index (χ1v) is 9.59. The highest BCUT2D eigenvalue weighted by Gasteiger charge is 2.13. The van der Waals surface area contributed by atoms with E-state index in [0.29, 0.717) is 20.3 Å². The fourth-order valence-corrected chi connectivity index (χ4v) is 3.70. The van der Waals surface area contributed by atoms with E-state index < -0.39 is 5.97 Å². The second kappa shape index (κ2) is 9.53. The number of hydrogen-bond acceptors (Lipinski definition) is 4. The number of nitriles is 1. The maximum Gasteiger partial charge on any atom is 0.335 e. The van der Waals surface area contributed by atoms with Crippen LogP contribution >= 0.6 is 31.9 Å². The Morgan fingerprint density at radius 1 is 1.18 bits per heavy atom. The molecule has 0 aliphatic carbocycles. The monoisotopic (exact) mass is 506 g/mol. The summed E-state index contributed by atoms with van der Waals surface area (Å²) in [5.41, 5.74) is 1.71. The van der Waals surface area contributed by atoms with Crippen molar-refractivity contribution in [3.63, 3.8) is 0 Å². The molecule has 28 heavy (non-hydrogen) atoms. The molecule has 0 spiro atoms. The molecule has 0 atom stereocenters. The summed E-state index contributed by atoms with van der Waals surface area (Å²) in [6.07, 6.45) is 1.51. The van der Waals surface area contributed by atoms with Crippen LogP contribution in [0.2, 0.25) is 0 Å². The minimum Gasteiger partial charge on any atom is -0.487 e. The number of benzene rings is 2. The first kappa shape index (κ1) is 21.7. The summed E-state index contributed by atoms with van der Waals surface area (Å²) in [5.74, 6) is -0.803. The minimum atomic E-state index is -0.980. The average Bonchev–Trinajstić information content (AvgIpc) is 2.65. The summed E-state index contributed by atoms with van der Waals surface area (Å²) in [5, 5.41) is 18.1. The zero-order valence-electron chi connectivity index (χ0n) is 15.1. The van der Waals surface area contributed by atoms with E-state index >= 15 is 0 Å². The highest BCUT2D eigenvalue weighted by molar-refractivity contribution is 9.11. The number of hydrogen-bond donors (Lipinski definition) is 1. The van der Waals surface area contributed by atoms with Gasteiger partial charge < -0.3 is 14.7 Å². The number of ether oxygens (including phenoxy) is 1. The predicted octanol–water partition coefficient (Wildman–Crippen LogP) is 4.48. The summed E-state index contributed by atoms with van der Waals surface area (Å²) in [4.78, 5) is 24.2. The van der Waals surface area contributed by atoms with Gasteiger partial charge in [-0.25, -0.2) is 4.79 Å². The van der Waals surface area contributed by atoms with Gasteiger partial charge >= 0.3 is 5.97 Å². The Bertz CT molecular complexity index is 954. The van der Waals surface area contributed by atoms with Gasteiger partial charge in [-0.15, -0.1) is 0 Å². The Kier molecular flexibility index (Phi) is 7.38. The van der Waals surface area contributed by atoms with Crippen molar-refractivity contribution in [3.05, 3.63) is 67.6 Å². The molecule has 0 aliphatic heterocycles. The predicted molar refractivity (Wildman–Crippen MR) is 112 cm³/mol. The first-order chi connectivity index (χ1) is 13.2. The molecule has 0 saturated carbocycles. The summed E-state index contributed by atoms with van der Waals surface area (Å²) < 4.78 is 7.11. The molecule has 2 aromatic carbocycles. The Morgan fingerprint density at radius 2 is 1.75 bits per heavy atom. The lowest BCUT2D eigenvalue weighted by molar-refractivity contribution is -0.124. The van der Waals surface area contributed by atoms with Gasteiger partial charge in [0.2, 0.25) is 0 Å². The quantitative estimate of drug-likeness (QED) is 0.459. The van der Waals surface area contributed by atoms with Crippen LogP contribution < -0.4 is 4.74 Å². The van der Waals surface area contributed by atoms with E-state index in [1.54, 1.807) is 38.4 Å². The molecule has 0 saturated heterocycles. The number of nitrogens with zero attached hydrogens (tertiary/aromatic N) is 2. The minimum absolute atomic E-state index is 0.0241. The van der Waals surface area contributed by atoms with Crippen LogP contribution in [0.15, 0.2) is 50.9 Å². The molecule has 6 nitrogen and oxygen atoms in total. The molecule has 0 fully saturated rings. The molecular formula is C20H16Br2N2O4.